The van der Waals surface area contributed by atoms with E-state index in [4.69, 9.17) is 9.47 Å². The highest BCUT2D eigenvalue weighted by molar-refractivity contribution is 6.04. The molecule has 2 aliphatic heterocycles. The summed E-state index contributed by atoms with van der Waals surface area (Å²) in [6.45, 7) is 3.18. The number of rotatable bonds is 7. The number of methoxy groups -OCH3 is 1. The zero-order valence-electron chi connectivity index (χ0n) is 19.2. The maximum atomic E-state index is 12.6. The second-order valence-electron chi connectivity index (χ2n) is 8.05. The van der Waals surface area contributed by atoms with Gasteiger partial charge in [0.1, 0.15) is 0 Å². The average molecular weight is 465 g/mol. The average Bonchev–Trinajstić information content (AvgIpc) is 3.39. The number of hydrogen-bond donors (Lipinski definition) is 1. The highest BCUT2D eigenvalue weighted by Gasteiger charge is 2.23. The van der Waals surface area contributed by atoms with Crippen LogP contribution in [0.5, 0.6) is 0 Å². The van der Waals surface area contributed by atoms with Crippen molar-refractivity contribution in [1.82, 2.24) is 5.01 Å². The molecule has 1 N–H and O–H groups in total. The van der Waals surface area contributed by atoms with Crippen LogP contribution in [0.2, 0.25) is 0 Å². The predicted molar refractivity (Wildman–Crippen MR) is 128 cm³/mol. The number of hydrogen-bond acceptors (Lipinski definition) is 7. The maximum absolute atomic E-state index is 12.6. The van der Waals surface area contributed by atoms with E-state index in [0.717, 1.165) is 30.1 Å². The summed E-state index contributed by atoms with van der Waals surface area (Å²) in [4.78, 5) is 39.6. The number of anilines is 2. The van der Waals surface area contributed by atoms with Crippen molar-refractivity contribution in [3.63, 3.8) is 0 Å². The van der Waals surface area contributed by atoms with Gasteiger partial charge in [0.25, 0.3) is 0 Å². The van der Waals surface area contributed by atoms with Crippen LogP contribution >= 0.6 is 0 Å². The second-order valence-corrected chi connectivity index (χ2v) is 8.05. The zero-order chi connectivity index (χ0) is 23.9. The molecule has 0 radical (unpaired) electrons. The molecule has 2 aromatic carbocycles. The van der Waals surface area contributed by atoms with Crippen LogP contribution in [0.1, 0.15) is 35.2 Å². The molecular weight excluding hydrogens is 436 g/mol. The summed E-state index contributed by atoms with van der Waals surface area (Å²) < 4.78 is 10.3. The first-order valence-electron chi connectivity index (χ1n) is 11.3. The second kappa shape index (κ2) is 10.9. The lowest BCUT2D eigenvalue weighted by Crippen LogP contribution is -2.36. The van der Waals surface area contributed by atoms with Crippen LogP contribution in [0.15, 0.2) is 53.6 Å². The Labute approximate surface area is 198 Å². The summed E-state index contributed by atoms with van der Waals surface area (Å²) in [6.07, 6.45) is 0.689. The summed E-state index contributed by atoms with van der Waals surface area (Å²) in [7, 11) is 1.30. The van der Waals surface area contributed by atoms with E-state index in [1.54, 1.807) is 12.1 Å². The van der Waals surface area contributed by atoms with Gasteiger partial charge in [0.2, 0.25) is 11.8 Å². The van der Waals surface area contributed by atoms with E-state index in [1.807, 2.05) is 36.4 Å². The van der Waals surface area contributed by atoms with Crippen molar-refractivity contribution in [2.75, 3.05) is 50.2 Å². The summed E-state index contributed by atoms with van der Waals surface area (Å²) in [5.41, 5.74) is 3.33. The van der Waals surface area contributed by atoms with Crippen molar-refractivity contribution in [3.05, 3.63) is 59.7 Å². The van der Waals surface area contributed by atoms with Crippen molar-refractivity contribution in [1.29, 1.82) is 0 Å². The molecule has 2 aliphatic rings. The van der Waals surface area contributed by atoms with Gasteiger partial charge in [-0.3, -0.25) is 9.59 Å². The van der Waals surface area contributed by atoms with Gasteiger partial charge in [-0.2, -0.15) is 5.10 Å². The van der Waals surface area contributed by atoms with E-state index in [9.17, 15) is 14.4 Å². The summed E-state index contributed by atoms with van der Waals surface area (Å²) in [5, 5.41) is 8.59. The molecule has 1 fully saturated rings. The van der Waals surface area contributed by atoms with Crippen LogP contribution in [-0.4, -0.2) is 68.5 Å². The van der Waals surface area contributed by atoms with Crippen LogP contribution in [0.3, 0.4) is 0 Å². The Balaban J connectivity index is 1.36. The van der Waals surface area contributed by atoms with Gasteiger partial charge in [-0.1, -0.05) is 30.3 Å². The van der Waals surface area contributed by atoms with Gasteiger partial charge in [-0.05, 0) is 23.8 Å². The van der Waals surface area contributed by atoms with Crippen LogP contribution in [0.25, 0.3) is 0 Å². The fraction of sp³-hybridized carbons (Fsp3) is 0.360. The molecule has 0 bridgehead atoms. The van der Waals surface area contributed by atoms with Crippen molar-refractivity contribution in [3.8, 4) is 0 Å². The monoisotopic (exact) mass is 464 g/mol. The van der Waals surface area contributed by atoms with E-state index >= 15 is 0 Å². The molecule has 2 heterocycles. The number of nitrogens with zero attached hydrogens (tertiary/aromatic N) is 3. The highest BCUT2D eigenvalue weighted by Crippen LogP contribution is 2.25. The molecule has 34 heavy (non-hydrogen) atoms. The van der Waals surface area contributed by atoms with Crippen molar-refractivity contribution >= 4 is 34.9 Å². The summed E-state index contributed by atoms with van der Waals surface area (Å²) >= 11 is 0. The maximum Gasteiger partial charge on any atom is 0.340 e. The molecule has 2 aromatic rings. The number of nitrogens with one attached hydrogen (secondary N) is 1. The minimum atomic E-state index is -0.540. The molecule has 0 aromatic heterocycles. The Bertz CT molecular complexity index is 1080. The summed E-state index contributed by atoms with van der Waals surface area (Å²) in [6, 6.07) is 15.0. The van der Waals surface area contributed by atoms with Gasteiger partial charge >= 0.3 is 5.97 Å². The van der Waals surface area contributed by atoms with Gasteiger partial charge in [-0.25, -0.2) is 9.80 Å². The minimum Gasteiger partial charge on any atom is -0.465 e. The Morgan fingerprint density at radius 2 is 1.79 bits per heavy atom. The Morgan fingerprint density at radius 1 is 1.03 bits per heavy atom. The fourth-order valence-electron chi connectivity index (χ4n) is 3.97. The summed E-state index contributed by atoms with van der Waals surface area (Å²) in [5.74, 6) is -1.11. The topological polar surface area (TPSA) is 101 Å². The lowest BCUT2D eigenvalue weighted by Gasteiger charge is -2.29. The molecule has 2 amide bonds. The van der Waals surface area contributed by atoms with Gasteiger partial charge in [-0.15, -0.1) is 0 Å². The number of benzene rings is 2. The molecule has 9 heteroatoms. The van der Waals surface area contributed by atoms with Crippen molar-refractivity contribution in [2.45, 2.75) is 19.3 Å². The first-order valence-corrected chi connectivity index (χ1v) is 11.3. The standard InChI is InChI=1S/C25H28N4O5/c1-33-25(32)20-17-19(28-13-15-34-16-14-28)7-8-22(20)26-23(30)9-10-24(31)29-12-11-21(27-29)18-5-3-2-4-6-18/h2-8,17H,9-16H2,1H3,(H,26,30). The first kappa shape index (κ1) is 23.4. The van der Waals surface area contributed by atoms with E-state index in [2.05, 4.69) is 15.3 Å². The molecule has 1 saturated heterocycles. The predicted octanol–water partition coefficient (Wildman–Crippen LogP) is 2.67. The third-order valence-corrected chi connectivity index (χ3v) is 5.82. The third-order valence-electron chi connectivity index (χ3n) is 5.82. The molecule has 0 aliphatic carbocycles. The largest absolute Gasteiger partial charge is 0.465 e. The molecule has 0 atom stereocenters. The Kier molecular flexibility index (Phi) is 7.54. The molecule has 0 spiro atoms. The number of hydrazone groups is 1. The third kappa shape index (κ3) is 5.60. The quantitative estimate of drug-likeness (QED) is 0.633. The molecule has 9 nitrogen and oxygen atoms in total. The number of ether oxygens (including phenoxy) is 2. The van der Waals surface area contributed by atoms with Crippen LogP contribution in [-0.2, 0) is 19.1 Å². The van der Waals surface area contributed by atoms with E-state index in [-0.39, 0.29) is 30.2 Å². The van der Waals surface area contributed by atoms with Gasteiger partial charge in [0.05, 0.1) is 43.8 Å². The van der Waals surface area contributed by atoms with E-state index in [1.165, 1.54) is 12.1 Å². The van der Waals surface area contributed by atoms with Crippen LogP contribution in [0.4, 0.5) is 11.4 Å². The number of carbonyl (C=O) groups is 3. The lowest BCUT2D eigenvalue weighted by atomic mass is 10.1. The molecule has 178 valence electrons. The van der Waals surface area contributed by atoms with Crippen molar-refractivity contribution in [2.24, 2.45) is 5.10 Å². The number of amides is 2. The van der Waals surface area contributed by atoms with E-state index < -0.39 is 5.97 Å². The number of esters is 1. The minimum absolute atomic E-state index is 0.0165. The molecule has 0 unspecified atom stereocenters. The lowest BCUT2D eigenvalue weighted by molar-refractivity contribution is -0.132. The van der Waals surface area contributed by atoms with Crippen LogP contribution in [0, 0.1) is 0 Å². The Morgan fingerprint density at radius 3 is 2.53 bits per heavy atom. The van der Waals surface area contributed by atoms with Crippen LogP contribution < -0.4 is 10.2 Å². The fourth-order valence-corrected chi connectivity index (χ4v) is 3.97. The van der Waals surface area contributed by atoms with Gasteiger partial charge in [0.15, 0.2) is 0 Å². The molecular formula is C25H28N4O5. The normalized spacial score (nSPS) is 15.6. The molecule has 0 saturated carbocycles. The van der Waals surface area contributed by atoms with Gasteiger partial charge in [0, 0.05) is 38.0 Å². The first-order chi connectivity index (χ1) is 16.5. The number of morpholine rings is 1. The van der Waals surface area contributed by atoms with E-state index in [0.29, 0.717) is 31.9 Å². The Hall–Kier alpha value is -3.72. The van der Waals surface area contributed by atoms with Gasteiger partial charge < -0.3 is 19.7 Å². The van der Waals surface area contributed by atoms with Crippen molar-refractivity contribution < 1.29 is 23.9 Å². The smallest absolute Gasteiger partial charge is 0.340 e. The SMILES string of the molecule is COC(=O)c1cc(N2CCOCC2)ccc1NC(=O)CCC(=O)N1CCC(c2ccccc2)=N1. The number of carbonyl (C=O) groups excluding carboxylic acids is 3. The highest BCUT2D eigenvalue weighted by atomic mass is 16.5. The molecule has 4 rings (SSSR count). The zero-order valence-corrected chi connectivity index (χ0v) is 19.2.